The maximum Gasteiger partial charge on any atom is 0.321 e. The van der Waals surface area contributed by atoms with Crippen molar-refractivity contribution in [3.8, 4) is 0 Å². The lowest BCUT2D eigenvalue weighted by atomic mass is 10.1. The van der Waals surface area contributed by atoms with Crippen LogP contribution in [0.5, 0.6) is 0 Å². The van der Waals surface area contributed by atoms with Gasteiger partial charge in [0, 0.05) is 24.5 Å². The van der Waals surface area contributed by atoms with Crippen molar-refractivity contribution in [1.82, 2.24) is 5.32 Å². The number of nitrogens with two attached hydrogens (primary N) is 1. The Morgan fingerprint density at radius 3 is 2.76 bits per heavy atom. The van der Waals surface area contributed by atoms with Crippen LogP contribution in [-0.4, -0.2) is 30.6 Å². The second-order valence-corrected chi connectivity index (χ2v) is 5.46. The number of benzene rings is 1. The molecule has 0 aromatic heterocycles. The van der Waals surface area contributed by atoms with Crippen LogP contribution >= 0.6 is 12.4 Å². The van der Waals surface area contributed by atoms with Crippen LogP contribution in [0.1, 0.15) is 20.3 Å². The van der Waals surface area contributed by atoms with Crippen molar-refractivity contribution in [2.45, 2.75) is 25.8 Å². The average molecular weight is 313 g/mol. The van der Waals surface area contributed by atoms with Crippen LogP contribution in [0.15, 0.2) is 24.3 Å². The van der Waals surface area contributed by atoms with Gasteiger partial charge in [-0.25, -0.2) is 4.79 Å². The SMILES string of the molecule is CC(C)(N)C(=O)Nc1cccc(N2CCCNC2=O)c1.Cl. The molecule has 6 nitrogen and oxygen atoms in total. The third-order valence-corrected chi connectivity index (χ3v) is 3.08. The number of urea groups is 1. The summed E-state index contributed by atoms with van der Waals surface area (Å²) in [6.45, 7) is 4.66. The number of halogens is 1. The van der Waals surface area contributed by atoms with Crippen molar-refractivity contribution in [2.75, 3.05) is 23.3 Å². The number of hydrogen-bond acceptors (Lipinski definition) is 3. The molecule has 0 unspecified atom stereocenters. The van der Waals surface area contributed by atoms with Crippen molar-refractivity contribution >= 4 is 35.7 Å². The number of carbonyl (C=O) groups excluding carboxylic acids is 2. The van der Waals surface area contributed by atoms with E-state index in [1.807, 2.05) is 6.07 Å². The monoisotopic (exact) mass is 312 g/mol. The first-order valence-corrected chi connectivity index (χ1v) is 6.64. The standard InChI is InChI=1S/C14H20N4O2.ClH/c1-14(2,15)12(19)17-10-5-3-6-11(9-10)18-8-4-7-16-13(18)20;/h3,5-6,9H,4,7-8,15H2,1-2H3,(H,16,20)(H,17,19);1H. The lowest BCUT2D eigenvalue weighted by molar-refractivity contribution is -0.120. The van der Waals surface area contributed by atoms with E-state index in [0.717, 1.165) is 12.1 Å². The molecule has 116 valence electrons. The van der Waals surface area contributed by atoms with E-state index in [1.54, 1.807) is 36.9 Å². The first kappa shape index (κ1) is 17.3. The molecule has 7 heteroatoms. The highest BCUT2D eigenvalue weighted by molar-refractivity contribution is 5.98. The van der Waals surface area contributed by atoms with Gasteiger partial charge in [0.1, 0.15) is 0 Å². The zero-order chi connectivity index (χ0) is 14.8. The van der Waals surface area contributed by atoms with Gasteiger partial charge in [0.15, 0.2) is 0 Å². The molecule has 4 N–H and O–H groups in total. The van der Waals surface area contributed by atoms with E-state index in [1.165, 1.54) is 0 Å². The summed E-state index contributed by atoms with van der Waals surface area (Å²) in [5.74, 6) is -0.266. The first-order chi connectivity index (χ1) is 9.38. The molecule has 1 saturated heterocycles. The van der Waals surface area contributed by atoms with Crippen LogP contribution < -0.4 is 21.3 Å². The van der Waals surface area contributed by atoms with E-state index < -0.39 is 5.54 Å². The summed E-state index contributed by atoms with van der Waals surface area (Å²) in [6.07, 6.45) is 0.901. The summed E-state index contributed by atoms with van der Waals surface area (Å²) in [7, 11) is 0. The van der Waals surface area contributed by atoms with Gasteiger partial charge in [0.2, 0.25) is 5.91 Å². The van der Waals surface area contributed by atoms with Gasteiger partial charge >= 0.3 is 6.03 Å². The molecule has 0 radical (unpaired) electrons. The minimum atomic E-state index is -0.946. The van der Waals surface area contributed by atoms with Crippen molar-refractivity contribution in [1.29, 1.82) is 0 Å². The highest BCUT2D eigenvalue weighted by Crippen LogP contribution is 2.21. The topological polar surface area (TPSA) is 87.5 Å². The fourth-order valence-electron chi connectivity index (χ4n) is 1.92. The van der Waals surface area contributed by atoms with Crippen LogP contribution in [0.2, 0.25) is 0 Å². The molecule has 0 atom stereocenters. The minimum absolute atomic E-state index is 0. The highest BCUT2D eigenvalue weighted by atomic mass is 35.5. The Labute approximate surface area is 130 Å². The van der Waals surface area contributed by atoms with Crippen molar-refractivity contribution in [3.05, 3.63) is 24.3 Å². The lowest BCUT2D eigenvalue weighted by Gasteiger charge is -2.28. The molecule has 3 amide bonds. The Morgan fingerprint density at radius 2 is 2.14 bits per heavy atom. The number of nitrogens with zero attached hydrogens (tertiary/aromatic N) is 1. The highest BCUT2D eigenvalue weighted by Gasteiger charge is 2.23. The quantitative estimate of drug-likeness (QED) is 0.794. The van der Waals surface area contributed by atoms with E-state index in [2.05, 4.69) is 10.6 Å². The van der Waals surface area contributed by atoms with Gasteiger partial charge in [-0.15, -0.1) is 12.4 Å². The zero-order valence-corrected chi connectivity index (χ0v) is 13.0. The van der Waals surface area contributed by atoms with Crippen LogP contribution in [0.4, 0.5) is 16.2 Å². The predicted octanol–water partition coefficient (Wildman–Crippen LogP) is 1.70. The summed E-state index contributed by atoms with van der Waals surface area (Å²) in [5.41, 5.74) is 6.19. The Hall–Kier alpha value is -1.79. The minimum Gasteiger partial charge on any atom is -0.338 e. The summed E-state index contributed by atoms with van der Waals surface area (Å²) in [5, 5.41) is 5.55. The molecule has 1 heterocycles. The maximum absolute atomic E-state index is 11.9. The largest absolute Gasteiger partial charge is 0.338 e. The molecule has 0 spiro atoms. The van der Waals surface area contributed by atoms with Crippen LogP contribution in [-0.2, 0) is 4.79 Å². The molecule has 1 aliphatic rings. The molecule has 1 aromatic carbocycles. The fraction of sp³-hybridized carbons (Fsp3) is 0.429. The van der Waals surface area contributed by atoms with Gasteiger partial charge in [-0.2, -0.15) is 0 Å². The van der Waals surface area contributed by atoms with Gasteiger partial charge in [0.05, 0.1) is 5.54 Å². The second kappa shape index (κ2) is 6.78. The van der Waals surface area contributed by atoms with Crippen LogP contribution in [0, 0.1) is 0 Å². The van der Waals surface area contributed by atoms with E-state index in [4.69, 9.17) is 5.73 Å². The van der Waals surface area contributed by atoms with Crippen molar-refractivity contribution in [2.24, 2.45) is 5.73 Å². The van der Waals surface area contributed by atoms with Gasteiger partial charge < -0.3 is 16.4 Å². The number of anilines is 2. The van der Waals surface area contributed by atoms with Gasteiger partial charge in [0.25, 0.3) is 0 Å². The fourth-order valence-corrected chi connectivity index (χ4v) is 1.92. The number of nitrogens with one attached hydrogen (secondary N) is 2. The molecule has 0 saturated carbocycles. The smallest absolute Gasteiger partial charge is 0.321 e. The van der Waals surface area contributed by atoms with Crippen molar-refractivity contribution in [3.63, 3.8) is 0 Å². The van der Waals surface area contributed by atoms with Gasteiger partial charge in [-0.3, -0.25) is 9.69 Å². The maximum atomic E-state index is 11.9. The number of rotatable bonds is 3. The molecule has 1 aliphatic heterocycles. The normalized spacial score (nSPS) is 15.0. The van der Waals surface area contributed by atoms with E-state index in [-0.39, 0.29) is 24.3 Å². The molecule has 21 heavy (non-hydrogen) atoms. The van der Waals surface area contributed by atoms with Crippen LogP contribution in [0.3, 0.4) is 0 Å². The predicted molar refractivity (Wildman–Crippen MR) is 85.9 cm³/mol. The molecule has 1 aromatic rings. The number of hydrogen-bond donors (Lipinski definition) is 3. The summed E-state index contributed by atoms with van der Waals surface area (Å²) < 4.78 is 0. The first-order valence-electron chi connectivity index (χ1n) is 6.64. The molecule has 0 aliphatic carbocycles. The van der Waals surface area contributed by atoms with Gasteiger partial charge in [-0.05, 0) is 38.5 Å². The lowest BCUT2D eigenvalue weighted by Crippen LogP contribution is -2.46. The van der Waals surface area contributed by atoms with E-state index >= 15 is 0 Å². The van der Waals surface area contributed by atoms with Crippen LogP contribution in [0.25, 0.3) is 0 Å². The Balaban J connectivity index is 0.00000220. The molecule has 0 bridgehead atoms. The second-order valence-electron chi connectivity index (χ2n) is 5.46. The molecular weight excluding hydrogens is 292 g/mol. The summed E-state index contributed by atoms with van der Waals surface area (Å²) in [4.78, 5) is 25.3. The molecular formula is C14H21ClN4O2. The van der Waals surface area contributed by atoms with Crippen molar-refractivity contribution < 1.29 is 9.59 Å². The Bertz CT molecular complexity index is 528. The van der Waals surface area contributed by atoms with E-state index in [9.17, 15) is 9.59 Å². The number of amides is 3. The molecule has 2 rings (SSSR count). The average Bonchev–Trinajstić information content (AvgIpc) is 2.38. The molecule has 1 fully saturated rings. The van der Waals surface area contributed by atoms with E-state index in [0.29, 0.717) is 18.8 Å². The van der Waals surface area contributed by atoms with Gasteiger partial charge in [-0.1, -0.05) is 6.07 Å². The summed E-state index contributed by atoms with van der Waals surface area (Å²) in [6, 6.07) is 7.08. The zero-order valence-electron chi connectivity index (χ0n) is 12.2. The third kappa shape index (κ3) is 4.34. The Morgan fingerprint density at radius 1 is 1.43 bits per heavy atom. The number of carbonyl (C=O) groups is 2. The summed E-state index contributed by atoms with van der Waals surface area (Å²) >= 11 is 0. The third-order valence-electron chi connectivity index (χ3n) is 3.08. The Kier molecular flexibility index (Phi) is 5.57.